The number of likely N-dealkylation sites (tertiary alicyclic amines) is 1. The molecule has 4 heteroatoms. The SMILES string of the molecule is CC1(C)CCC(NC(=O)N2CCCC(CO)C2)c2ccccc21. The number of benzene rings is 1. The van der Waals surface area contributed by atoms with E-state index in [-0.39, 0.29) is 30.0 Å². The van der Waals surface area contributed by atoms with E-state index in [4.69, 9.17) is 0 Å². The molecule has 0 aromatic heterocycles. The average Bonchev–Trinajstić information content (AvgIpc) is 2.57. The molecule has 2 N–H and O–H groups in total. The lowest BCUT2D eigenvalue weighted by molar-refractivity contribution is 0.127. The summed E-state index contributed by atoms with van der Waals surface area (Å²) < 4.78 is 0. The number of carbonyl (C=O) groups is 1. The average molecular weight is 316 g/mol. The van der Waals surface area contributed by atoms with Gasteiger partial charge >= 0.3 is 6.03 Å². The molecule has 1 aliphatic carbocycles. The third kappa shape index (κ3) is 3.37. The fraction of sp³-hybridized carbons (Fsp3) is 0.632. The van der Waals surface area contributed by atoms with E-state index in [2.05, 4.69) is 43.4 Å². The van der Waals surface area contributed by atoms with Gasteiger partial charge in [0.15, 0.2) is 0 Å². The number of fused-ring (bicyclic) bond motifs is 1. The predicted molar refractivity (Wildman–Crippen MR) is 91.4 cm³/mol. The van der Waals surface area contributed by atoms with Crippen LogP contribution in [-0.4, -0.2) is 35.7 Å². The molecule has 1 heterocycles. The van der Waals surface area contributed by atoms with Crippen LogP contribution in [0.4, 0.5) is 4.79 Å². The van der Waals surface area contributed by atoms with E-state index in [0.717, 1.165) is 32.2 Å². The van der Waals surface area contributed by atoms with Gasteiger partial charge < -0.3 is 15.3 Å². The van der Waals surface area contributed by atoms with Gasteiger partial charge in [-0.15, -0.1) is 0 Å². The Morgan fingerprint density at radius 2 is 2.13 bits per heavy atom. The number of nitrogens with zero attached hydrogens (tertiary/aromatic N) is 1. The van der Waals surface area contributed by atoms with Crippen LogP contribution in [0.3, 0.4) is 0 Å². The highest BCUT2D eigenvalue weighted by atomic mass is 16.3. The number of hydrogen-bond acceptors (Lipinski definition) is 2. The molecule has 2 aliphatic rings. The predicted octanol–water partition coefficient (Wildman–Crippen LogP) is 3.21. The fourth-order valence-electron chi connectivity index (χ4n) is 4.00. The second-order valence-corrected chi connectivity index (χ2v) is 7.65. The van der Waals surface area contributed by atoms with Crippen LogP contribution in [0.1, 0.15) is 56.7 Å². The normalized spacial score (nSPS) is 26.5. The van der Waals surface area contributed by atoms with Crippen LogP contribution in [-0.2, 0) is 5.41 Å². The number of aliphatic hydroxyl groups excluding tert-OH is 1. The van der Waals surface area contributed by atoms with Crippen molar-refractivity contribution in [3.05, 3.63) is 35.4 Å². The number of rotatable bonds is 2. The summed E-state index contributed by atoms with van der Waals surface area (Å²) in [5.74, 6) is 0.229. The summed E-state index contributed by atoms with van der Waals surface area (Å²) in [6, 6.07) is 8.59. The molecule has 1 aromatic carbocycles. The van der Waals surface area contributed by atoms with E-state index in [1.807, 2.05) is 4.90 Å². The van der Waals surface area contributed by atoms with Crippen LogP contribution in [0, 0.1) is 5.92 Å². The monoisotopic (exact) mass is 316 g/mol. The van der Waals surface area contributed by atoms with Crippen molar-refractivity contribution in [1.29, 1.82) is 0 Å². The topological polar surface area (TPSA) is 52.6 Å². The van der Waals surface area contributed by atoms with E-state index in [9.17, 15) is 9.90 Å². The maximum absolute atomic E-state index is 12.6. The summed E-state index contributed by atoms with van der Waals surface area (Å²) in [5, 5.41) is 12.6. The summed E-state index contributed by atoms with van der Waals surface area (Å²) in [7, 11) is 0. The van der Waals surface area contributed by atoms with E-state index < -0.39 is 0 Å². The van der Waals surface area contributed by atoms with Crippen LogP contribution in [0.25, 0.3) is 0 Å². The lowest BCUT2D eigenvalue weighted by atomic mass is 9.71. The van der Waals surface area contributed by atoms with Crippen LogP contribution in [0.5, 0.6) is 0 Å². The standard InChI is InChI=1S/C19H28N2O2/c1-19(2)10-9-17(15-7-3-4-8-16(15)19)20-18(23)21-11-5-6-14(12-21)13-22/h3-4,7-8,14,17,22H,5-6,9-13H2,1-2H3,(H,20,23). The summed E-state index contributed by atoms with van der Waals surface area (Å²) >= 11 is 0. The molecule has 0 spiro atoms. The zero-order valence-corrected chi connectivity index (χ0v) is 14.2. The molecule has 0 saturated carbocycles. The Morgan fingerprint density at radius 1 is 1.35 bits per heavy atom. The lowest BCUT2D eigenvalue weighted by Gasteiger charge is -2.39. The molecule has 3 rings (SSSR count). The van der Waals surface area contributed by atoms with Gasteiger partial charge in [0.2, 0.25) is 0 Å². The molecule has 1 fully saturated rings. The van der Waals surface area contributed by atoms with Gasteiger partial charge in [0, 0.05) is 19.7 Å². The Kier molecular flexibility index (Phi) is 4.62. The van der Waals surface area contributed by atoms with Gasteiger partial charge in [-0.2, -0.15) is 0 Å². The van der Waals surface area contributed by atoms with Crippen molar-refractivity contribution in [2.75, 3.05) is 19.7 Å². The Bertz CT molecular complexity index is 570. The molecule has 4 nitrogen and oxygen atoms in total. The summed E-state index contributed by atoms with van der Waals surface area (Å²) in [6.45, 7) is 6.19. The molecule has 126 valence electrons. The summed E-state index contributed by atoms with van der Waals surface area (Å²) in [4.78, 5) is 14.5. The first-order valence-corrected chi connectivity index (χ1v) is 8.77. The smallest absolute Gasteiger partial charge is 0.317 e. The number of nitrogens with one attached hydrogen (secondary N) is 1. The van der Waals surface area contributed by atoms with Crippen molar-refractivity contribution in [2.24, 2.45) is 5.92 Å². The van der Waals surface area contributed by atoms with Gasteiger partial charge in [-0.3, -0.25) is 0 Å². The zero-order chi connectivity index (χ0) is 16.4. The second kappa shape index (κ2) is 6.52. The van der Waals surface area contributed by atoms with Gasteiger partial charge in [0.05, 0.1) is 6.04 Å². The highest BCUT2D eigenvalue weighted by Gasteiger charge is 2.34. The number of urea groups is 1. The maximum atomic E-state index is 12.6. The zero-order valence-electron chi connectivity index (χ0n) is 14.2. The van der Waals surface area contributed by atoms with Crippen molar-refractivity contribution in [1.82, 2.24) is 10.2 Å². The quantitative estimate of drug-likeness (QED) is 0.880. The van der Waals surface area contributed by atoms with Gasteiger partial charge in [-0.05, 0) is 48.1 Å². The Labute approximate surface area is 138 Å². The van der Waals surface area contributed by atoms with E-state index in [1.54, 1.807) is 0 Å². The maximum Gasteiger partial charge on any atom is 0.317 e. The molecule has 1 aliphatic heterocycles. The number of carbonyl (C=O) groups excluding carboxylic acids is 1. The van der Waals surface area contributed by atoms with E-state index in [0.29, 0.717) is 6.54 Å². The minimum Gasteiger partial charge on any atom is -0.396 e. The molecule has 1 aromatic rings. The van der Waals surface area contributed by atoms with Crippen LogP contribution < -0.4 is 5.32 Å². The molecule has 0 bridgehead atoms. The van der Waals surface area contributed by atoms with Crippen LogP contribution >= 0.6 is 0 Å². The Hall–Kier alpha value is -1.55. The summed E-state index contributed by atoms with van der Waals surface area (Å²) in [6.07, 6.45) is 4.05. The van der Waals surface area contributed by atoms with Crippen molar-refractivity contribution in [3.8, 4) is 0 Å². The van der Waals surface area contributed by atoms with Crippen molar-refractivity contribution >= 4 is 6.03 Å². The summed E-state index contributed by atoms with van der Waals surface area (Å²) in [5.41, 5.74) is 2.78. The van der Waals surface area contributed by atoms with Crippen molar-refractivity contribution in [2.45, 2.75) is 51.0 Å². The van der Waals surface area contributed by atoms with Crippen LogP contribution in [0.2, 0.25) is 0 Å². The minimum absolute atomic E-state index is 0.0164. The molecule has 2 atom stereocenters. The third-order valence-corrected chi connectivity index (χ3v) is 5.49. The van der Waals surface area contributed by atoms with Gasteiger partial charge in [0.25, 0.3) is 0 Å². The molecule has 2 amide bonds. The van der Waals surface area contributed by atoms with Crippen LogP contribution in [0.15, 0.2) is 24.3 Å². The van der Waals surface area contributed by atoms with E-state index >= 15 is 0 Å². The van der Waals surface area contributed by atoms with Crippen molar-refractivity contribution in [3.63, 3.8) is 0 Å². The molecular weight excluding hydrogens is 288 g/mol. The fourth-order valence-corrected chi connectivity index (χ4v) is 4.00. The Morgan fingerprint density at radius 3 is 2.91 bits per heavy atom. The van der Waals surface area contributed by atoms with Crippen molar-refractivity contribution < 1.29 is 9.90 Å². The van der Waals surface area contributed by atoms with Gasteiger partial charge in [0.1, 0.15) is 0 Å². The highest BCUT2D eigenvalue weighted by Crippen LogP contribution is 2.41. The minimum atomic E-state index is 0.0164. The first-order chi connectivity index (χ1) is 11.0. The lowest BCUT2D eigenvalue weighted by Crippen LogP contribution is -2.48. The number of piperidine rings is 1. The van der Waals surface area contributed by atoms with Gasteiger partial charge in [-0.1, -0.05) is 38.1 Å². The number of aliphatic hydroxyl groups is 1. The highest BCUT2D eigenvalue weighted by molar-refractivity contribution is 5.75. The molecule has 23 heavy (non-hydrogen) atoms. The first-order valence-electron chi connectivity index (χ1n) is 8.77. The number of hydrogen-bond donors (Lipinski definition) is 2. The number of amides is 2. The van der Waals surface area contributed by atoms with E-state index in [1.165, 1.54) is 11.1 Å². The Balaban J connectivity index is 1.72. The first kappa shape index (κ1) is 16.3. The molecule has 0 radical (unpaired) electrons. The van der Waals surface area contributed by atoms with Gasteiger partial charge in [-0.25, -0.2) is 4.79 Å². The molecule has 1 saturated heterocycles. The third-order valence-electron chi connectivity index (χ3n) is 5.49. The second-order valence-electron chi connectivity index (χ2n) is 7.65. The largest absolute Gasteiger partial charge is 0.396 e. The molecular formula is C19H28N2O2. The molecule has 2 unspecified atom stereocenters.